The molecule has 0 heterocycles. The van der Waals surface area contributed by atoms with Gasteiger partial charge in [-0.2, -0.15) is 0 Å². The summed E-state index contributed by atoms with van der Waals surface area (Å²) in [6.07, 6.45) is 2.03. The van der Waals surface area contributed by atoms with Crippen molar-refractivity contribution in [1.82, 2.24) is 16.3 Å². The lowest BCUT2D eigenvalue weighted by Gasteiger charge is -2.15. The highest BCUT2D eigenvalue weighted by Crippen LogP contribution is 2.18. The summed E-state index contributed by atoms with van der Waals surface area (Å²) in [4.78, 5) is 1.16. The number of thiocarbonyl (C=S) groups is 2. The maximum absolute atomic E-state index is 5.21. The van der Waals surface area contributed by atoms with Crippen LogP contribution < -0.4 is 27.0 Å². The molecule has 0 spiro atoms. The third-order valence-electron chi connectivity index (χ3n) is 2.71. The zero-order chi connectivity index (χ0) is 16.5. The average molecular weight is 364 g/mol. The molecule has 5 nitrogen and oxygen atoms in total. The van der Waals surface area contributed by atoms with Crippen molar-refractivity contribution < 1.29 is 0 Å². The number of hydrogen-bond donors (Lipinski definition) is 5. The molecule has 0 aliphatic carbocycles. The minimum Gasteiger partial charge on any atom is -0.331 e. The lowest BCUT2D eigenvalue weighted by atomic mass is 10.3. The number of thioether (sulfide) groups is 1. The second-order valence-corrected chi connectivity index (χ2v) is 6.08. The summed E-state index contributed by atoms with van der Waals surface area (Å²) in [6.45, 7) is 0. The number of hydrogen-bond acceptors (Lipinski definition) is 4. The molecular formula is C15H17N5S3. The molecule has 0 unspecified atom stereocenters. The molecule has 8 heteroatoms. The molecule has 0 aromatic heterocycles. The Morgan fingerprint density at radius 3 is 2.26 bits per heavy atom. The van der Waals surface area contributed by atoms with Crippen LogP contribution in [0.1, 0.15) is 0 Å². The van der Waals surface area contributed by atoms with Gasteiger partial charge in [0, 0.05) is 10.6 Å². The van der Waals surface area contributed by atoms with Crippen LogP contribution in [0.4, 0.5) is 11.4 Å². The molecule has 0 atom stereocenters. The fourth-order valence-corrected chi connectivity index (χ4v) is 2.39. The van der Waals surface area contributed by atoms with E-state index < -0.39 is 0 Å². The molecule has 2 aromatic carbocycles. The molecule has 120 valence electrons. The van der Waals surface area contributed by atoms with Gasteiger partial charge < -0.3 is 5.32 Å². The molecular weight excluding hydrogens is 346 g/mol. The van der Waals surface area contributed by atoms with Crippen molar-refractivity contribution in [1.29, 1.82) is 0 Å². The van der Waals surface area contributed by atoms with E-state index in [1.165, 1.54) is 0 Å². The molecule has 0 aliphatic rings. The van der Waals surface area contributed by atoms with Crippen LogP contribution in [-0.2, 0) is 0 Å². The summed E-state index contributed by atoms with van der Waals surface area (Å²) in [5.41, 5.74) is 13.3. The zero-order valence-corrected chi connectivity index (χ0v) is 14.9. The Morgan fingerprint density at radius 1 is 0.826 bits per heavy atom. The quantitative estimate of drug-likeness (QED) is 0.323. The Bertz CT molecular complexity index is 663. The third-order valence-corrected chi connectivity index (χ3v) is 3.84. The summed E-state index contributed by atoms with van der Waals surface area (Å²) < 4.78 is 0. The average Bonchev–Trinajstić information content (AvgIpc) is 2.59. The highest BCUT2D eigenvalue weighted by Gasteiger charge is 2.00. The van der Waals surface area contributed by atoms with Gasteiger partial charge in [-0.25, -0.2) is 0 Å². The lowest BCUT2D eigenvalue weighted by molar-refractivity contribution is 0.850. The molecule has 0 saturated heterocycles. The van der Waals surface area contributed by atoms with Gasteiger partial charge in [0.2, 0.25) is 5.11 Å². The second kappa shape index (κ2) is 9.19. The van der Waals surface area contributed by atoms with Crippen molar-refractivity contribution in [2.45, 2.75) is 4.90 Å². The fraction of sp³-hybridized carbons (Fsp3) is 0.0667. The van der Waals surface area contributed by atoms with E-state index in [1.54, 1.807) is 11.8 Å². The van der Waals surface area contributed by atoms with E-state index in [-0.39, 0.29) is 0 Å². The Hall–Kier alpha value is -2.03. The minimum atomic E-state index is 0.371. The first-order valence-corrected chi connectivity index (χ1v) is 8.79. The van der Waals surface area contributed by atoms with Gasteiger partial charge in [-0.3, -0.25) is 21.7 Å². The van der Waals surface area contributed by atoms with E-state index in [1.807, 2.05) is 60.9 Å². The van der Waals surface area contributed by atoms with Crippen molar-refractivity contribution in [2.24, 2.45) is 0 Å². The summed E-state index contributed by atoms with van der Waals surface area (Å²) in [5.74, 6) is 0. The number of nitrogens with one attached hydrogen (secondary N) is 5. The molecule has 0 fully saturated rings. The molecule has 0 saturated carbocycles. The number of benzene rings is 2. The molecule has 0 amide bonds. The third kappa shape index (κ3) is 6.31. The standard InChI is InChI=1S/C15H17N5S3/c1-23-13-9-5-8-12(10-13)16-14(21)18-20-15(22)19-17-11-6-3-2-4-7-11/h2-10,17H,1H3,(H2,16,18,21)(H2,19,20,22). The predicted octanol–water partition coefficient (Wildman–Crippen LogP) is 3.10. The van der Waals surface area contributed by atoms with Crippen molar-refractivity contribution >= 4 is 57.8 Å². The van der Waals surface area contributed by atoms with Crippen molar-refractivity contribution in [3.63, 3.8) is 0 Å². The van der Waals surface area contributed by atoms with Crippen molar-refractivity contribution in [2.75, 3.05) is 17.0 Å². The van der Waals surface area contributed by atoms with Crippen molar-refractivity contribution in [3.8, 4) is 0 Å². The van der Waals surface area contributed by atoms with Crippen LogP contribution in [0.25, 0.3) is 0 Å². The second-order valence-electron chi connectivity index (χ2n) is 4.38. The van der Waals surface area contributed by atoms with E-state index in [0.717, 1.165) is 16.3 Å². The fourth-order valence-electron chi connectivity index (χ4n) is 1.66. The Labute approximate surface area is 150 Å². The minimum absolute atomic E-state index is 0.371. The van der Waals surface area contributed by atoms with Crippen LogP contribution in [-0.4, -0.2) is 16.5 Å². The largest absolute Gasteiger partial charge is 0.331 e. The van der Waals surface area contributed by atoms with E-state index in [2.05, 4.69) is 27.0 Å². The smallest absolute Gasteiger partial charge is 0.204 e. The lowest BCUT2D eigenvalue weighted by Crippen LogP contribution is -2.49. The summed E-state index contributed by atoms with van der Waals surface area (Å²) in [5, 5.41) is 3.88. The van der Waals surface area contributed by atoms with E-state index in [9.17, 15) is 0 Å². The van der Waals surface area contributed by atoms with Gasteiger partial charge in [0.25, 0.3) is 0 Å². The monoisotopic (exact) mass is 363 g/mol. The summed E-state index contributed by atoms with van der Waals surface area (Å²) >= 11 is 12.0. The maximum Gasteiger partial charge on any atom is 0.204 e. The Morgan fingerprint density at radius 2 is 1.52 bits per heavy atom. The number of rotatable bonds is 4. The number of para-hydroxylation sites is 1. The molecule has 2 aromatic rings. The van der Waals surface area contributed by atoms with Crippen molar-refractivity contribution in [3.05, 3.63) is 54.6 Å². The topological polar surface area (TPSA) is 60.1 Å². The Balaban J connectivity index is 1.72. The first-order chi connectivity index (χ1) is 11.2. The number of hydrazine groups is 2. The van der Waals surface area contributed by atoms with E-state index >= 15 is 0 Å². The van der Waals surface area contributed by atoms with Gasteiger partial charge in [-0.1, -0.05) is 24.3 Å². The molecule has 5 N–H and O–H groups in total. The van der Waals surface area contributed by atoms with Gasteiger partial charge in [0.15, 0.2) is 5.11 Å². The van der Waals surface area contributed by atoms with Crippen LogP contribution in [0.5, 0.6) is 0 Å². The van der Waals surface area contributed by atoms with Gasteiger partial charge in [0.05, 0.1) is 5.69 Å². The van der Waals surface area contributed by atoms with Gasteiger partial charge in [-0.15, -0.1) is 11.8 Å². The molecule has 23 heavy (non-hydrogen) atoms. The molecule has 0 aliphatic heterocycles. The highest BCUT2D eigenvalue weighted by atomic mass is 32.2. The molecule has 2 rings (SSSR count). The Kier molecular flexibility index (Phi) is 6.92. The van der Waals surface area contributed by atoms with Gasteiger partial charge in [-0.05, 0) is 61.0 Å². The zero-order valence-electron chi connectivity index (χ0n) is 12.4. The summed E-state index contributed by atoms with van der Waals surface area (Å²) in [7, 11) is 0. The molecule has 0 radical (unpaired) electrons. The van der Waals surface area contributed by atoms with Gasteiger partial charge >= 0.3 is 0 Å². The highest BCUT2D eigenvalue weighted by molar-refractivity contribution is 7.98. The predicted molar refractivity (Wildman–Crippen MR) is 107 cm³/mol. The van der Waals surface area contributed by atoms with Crippen LogP contribution in [0.2, 0.25) is 0 Å². The van der Waals surface area contributed by atoms with Crippen LogP contribution in [0.3, 0.4) is 0 Å². The first-order valence-electron chi connectivity index (χ1n) is 6.75. The van der Waals surface area contributed by atoms with Crippen LogP contribution in [0.15, 0.2) is 59.5 Å². The summed E-state index contributed by atoms with van der Waals surface area (Å²) in [6, 6.07) is 17.6. The normalized spacial score (nSPS) is 9.61. The van der Waals surface area contributed by atoms with E-state index in [0.29, 0.717) is 10.2 Å². The van der Waals surface area contributed by atoms with Crippen LogP contribution in [0, 0.1) is 0 Å². The first kappa shape index (κ1) is 17.3. The van der Waals surface area contributed by atoms with Gasteiger partial charge in [0.1, 0.15) is 0 Å². The SMILES string of the molecule is CSc1cccc(NC(=S)NNC(=S)NNc2ccccc2)c1. The molecule has 0 bridgehead atoms. The number of anilines is 2. The van der Waals surface area contributed by atoms with E-state index in [4.69, 9.17) is 24.4 Å². The maximum atomic E-state index is 5.21. The van der Waals surface area contributed by atoms with Crippen LogP contribution >= 0.6 is 36.2 Å².